The Morgan fingerprint density at radius 3 is 2.74 bits per heavy atom. The molecule has 1 aromatic rings. The Bertz CT molecular complexity index is 691. The summed E-state index contributed by atoms with van der Waals surface area (Å²) in [5, 5.41) is 0. The van der Waals surface area contributed by atoms with E-state index in [1.54, 1.807) is 13.3 Å². The normalized spacial score (nSPS) is 20.9. The van der Waals surface area contributed by atoms with Gasteiger partial charge in [-0.25, -0.2) is 0 Å². The largest absolute Gasteiger partial charge is 0.491 e. The number of hydrogen-bond acceptors (Lipinski definition) is 5. The maximum absolute atomic E-state index is 11.9. The number of pyridine rings is 1. The summed E-state index contributed by atoms with van der Waals surface area (Å²) in [6, 6.07) is 0. The third-order valence-corrected chi connectivity index (χ3v) is 5.83. The monoisotopic (exact) mass is 439 g/mol. The van der Waals surface area contributed by atoms with Gasteiger partial charge in [-0.1, -0.05) is 38.8 Å². The Kier molecular flexibility index (Phi) is 7.71. The first-order valence-electron chi connectivity index (χ1n) is 9.55. The number of aromatic nitrogens is 1. The number of hydrogen-bond donors (Lipinski definition) is 0. The van der Waals surface area contributed by atoms with E-state index in [-0.39, 0.29) is 5.97 Å². The van der Waals surface area contributed by atoms with Crippen molar-refractivity contribution in [2.45, 2.75) is 65.4 Å². The van der Waals surface area contributed by atoms with Gasteiger partial charge in [0.05, 0.1) is 18.2 Å². The van der Waals surface area contributed by atoms with Gasteiger partial charge < -0.3 is 14.2 Å². The highest BCUT2D eigenvalue weighted by Crippen LogP contribution is 2.53. The summed E-state index contributed by atoms with van der Waals surface area (Å²) in [5.41, 5.74) is 1.27. The van der Waals surface area contributed by atoms with Crippen molar-refractivity contribution in [3.63, 3.8) is 0 Å². The van der Waals surface area contributed by atoms with Crippen LogP contribution < -0.4 is 9.47 Å². The van der Waals surface area contributed by atoms with Crippen LogP contribution in [-0.2, 0) is 9.53 Å². The second-order valence-corrected chi connectivity index (χ2v) is 8.13. The van der Waals surface area contributed by atoms with E-state index in [0.717, 1.165) is 44.1 Å². The third kappa shape index (κ3) is 4.84. The van der Waals surface area contributed by atoms with E-state index in [4.69, 9.17) is 14.2 Å². The Balaban J connectivity index is 2.53. The summed E-state index contributed by atoms with van der Waals surface area (Å²) in [6.07, 6.45) is 7.07. The number of carbonyl (C=O) groups is 1. The lowest BCUT2D eigenvalue weighted by Crippen LogP contribution is -2.34. The maximum atomic E-state index is 11.9. The van der Waals surface area contributed by atoms with Crippen LogP contribution in [0.25, 0.3) is 0 Å². The Morgan fingerprint density at radius 2 is 2.15 bits per heavy atom. The molecule has 0 saturated heterocycles. The SMILES string of the molecule is C=C1CCCCC1(C)C(OC(C)=O)c1ncc(Br)c(OCCCC)c1OC. The molecule has 0 radical (unpaired) electrons. The minimum absolute atomic E-state index is 0.347. The molecule has 0 bridgehead atoms. The van der Waals surface area contributed by atoms with Crippen LogP contribution in [0.3, 0.4) is 0 Å². The molecule has 1 fully saturated rings. The first-order chi connectivity index (χ1) is 12.8. The molecule has 0 N–H and O–H groups in total. The van der Waals surface area contributed by atoms with Crippen LogP contribution in [0.5, 0.6) is 11.5 Å². The van der Waals surface area contributed by atoms with Gasteiger partial charge in [0.25, 0.3) is 0 Å². The molecular weight excluding hydrogens is 410 g/mol. The zero-order valence-electron chi connectivity index (χ0n) is 16.8. The van der Waals surface area contributed by atoms with Crippen molar-refractivity contribution >= 4 is 21.9 Å². The lowest BCUT2D eigenvalue weighted by atomic mass is 9.67. The van der Waals surface area contributed by atoms with Gasteiger partial charge in [0.1, 0.15) is 5.69 Å². The molecule has 0 spiro atoms. The van der Waals surface area contributed by atoms with Crippen LogP contribution in [-0.4, -0.2) is 24.7 Å². The van der Waals surface area contributed by atoms with Gasteiger partial charge in [0, 0.05) is 18.5 Å². The van der Waals surface area contributed by atoms with E-state index in [0.29, 0.717) is 28.3 Å². The first kappa shape index (κ1) is 21.7. The highest BCUT2D eigenvalue weighted by atomic mass is 79.9. The van der Waals surface area contributed by atoms with Crippen LogP contribution in [0.2, 0.25) is 0 Å². The van der Waals surface area contributed by atoms with Gasteiger partial charge in [0.2, 0.25) is 0 Å². The molecule has 1 saturated carbocycles. The van der Waals surface area contributed by atoms with E-state index >= 15 is 0 Å². The fraction of sp³-hybridized carbons (Fsp3) is 0.619. The number of nitrogens with zero attached hydrogens (tertiary/aromatic N) is 1. The minimum Gasteiger partial charge on any atom is -0.491 e. The predicted molar refractivity (Wildman–Crippen MR) is 109 cm³/mol. The third-order valence-electron chi connectivity index (χ3n) is 5.26. The molecular formula is C21H30BrNO4. The van der Waals surface area contributed by atoms with Crippen molar-refractivity contribution in [2.24, 2.45) is 5.41 Å². The van der Waals surface area contributed by atoms with Gasteiger partial charge in [-0.3, -0.25) is 9.78 Å². The second kappa shape index (κ2) is 9.58. The number of unbranched alkanes of at least 4 members (excludes halogenated alkanes) is 1. The van der Waals surface area contributed by atoms with E-state index < -0.39 is 11.5 Å². The summed E-state index contributed by atoms with van der Waals surface area (Å²) in [4.78, 5) is 16.5. The van der Waals surface area contributed by atoms with Crippen LogP contribution in [0.15, 0.2) is 22.8 Å². The Hall–Kier alpha value is -1.56. The molecule has 1 aliphatic rings. The summed E-state index contributed by atoms with van der Waals surface area (Å²) >= 11 is 3.50. The number of halogens is 1. The van der Waals surface area contributed by atoms with Crippen molar-refractivity contribution in [3.05, 3.63) is 28.5 Å². The molecule has 0 aromatic carbocycles. The zero-order valence-corrected chi connectivity index (χ0v) is 18.4. The average molecular weight is 440 g/mol. The Labute approximate surface area is 170 Å². The topological polar surface area (TPSA) is 57.7 Å². The van der Waals surface area contributed by atoms with Crippen LogP contribution in [0, 0.1) is 5.41 Å². The lowest BCUT2D eigenvalue weighted by molar-refractivity contribution is -0.153. The summed E-state index contributed by atoms with van der Waals surface area (Å²) in [5.74, 6) is 0.754. The molecule has 6 heteroatoms. The minimum atomic E-state index is -0.570. The number of carbonyl (C=O) groups excluding carboxylic acids is 1. The van der Waals surface area contributed by atoms with Crippen molar-refractivity contribution < 1.29 is 19.0 Å². The van der Waals surface area contributed by atoms with Gasteiger partial charge >= 0.3 is 5.97 Å². The Morgan fingerprint density at radius 1 is 1.41 bits per heavy atom. The van der Waals surface area contributed by atoms with Gasteiger partial charge in [-0.15, -0.1) is 0 Å². The fourth-order valence-corrected chi connectivity index (χ4v) is 3.97. The molecule has 1 aromatic heterocycles. The van der Waals surface area contributed by atoms with E-state index in [9.17, 15) is 4.79 Å². The highest BCUT2D eigenvalue weighted by molar-refractivity contribution is 9.10. The number of methoxy groups -OCH3 is 1. The molecule has 1 aliphatic carbocycles. The molecule has 0 aliphatic heterocycles. The van der Waals surface area contributed by atoms with E-state index in [1.165, 1.54) is 6.92 Å². The molecule has 0 amide bonds. The molecule has 2 rings (SSSR count). The van der Waals surface area contributed by atoms with E-state index in [2.05, 4.69) is 41.3 Å². The van der Waals surface area contributed by atoms with Gasteiger partial charge in [0.15, 0.2) is 17.6 Å². The standard InChI is InChI=1S/C21H30BrNO4/c1-6-7-12-26-18-16(22)13-23-17(19(18)25-5)20(27-15(3)24)21(4)11-9-8-10-14(21)2/h13,20H,2,6-12H2,1,3-5H3. The van der Waals surface area contributed by atoms with Crippen molar-refractivity contribution in [2.75, 3.05) is 13.7 Å². The molecule has 2 unspecified atom stereocenters. The summed E-state index contributed by atoms with van der Waals surface area (Å²) in [6.45, 7) is 10.5. The molecule has 2 atom stereocenters. The lowest BCUT2D eigenvalue weighted by Gasteiger charge is -2.41. The van der Waals surface area contributed by atoms with Crippen molar-refractivity contribution in [1.29, 1.82) is 0 Å². The average Bonchev–Trinajstić information content (AvgIpc) is 2.63. The molecule has 150 valence electrons. The maximum Gasteiger partial charge on any atom is 0.303 e. The highest BCUT2D eigenvalue weighted by Gasteiger charge is 2.44. The zero-order chi connectivity index (χ0) is 20.0. The number of rotatable bonds is 8. The fourth-order valence-electron chi connectivity index (χ4n) is 3.57. The second-order valence-electron chi connectivity index (χ2n) is 7.27. The van der Waals surface area contributed by atoms with Crippen molar-refractivity contribution in [1.82, 2.24) is 4.98 Å². The summed E-state index contributed by atoms with van der Waals surface area (Å²) in [7, 11) is 1.59. The van der Waals surface area contributed by atoms with E-state index in [1.807, 2.05) is 0 Å². The molecule has 27 heavy (non-hydrogen) atoms. The number of ether oxygens (including phenoxy) is 3. The quantitative estimate of drug-likeness (QED) is 0.292. The predicted octanol–water partition coefficient (Wildman–Crippen LogP) is 5.77. The smallest absolute Gasteiger partial charge is 0.303 e. The summed E-state index contributed by atoms with van der Waals surface area (Å²) < 4.78 is 18.2. The number of esters is 1. The molecule has 1 heterocycles. The van der Waals surface area contributed by atoms with Gasteiger partial charge in [-0.2, -0.15) is 0 Å². The van der Waals surface area contributed by atoms with Gasteiger partial charge in [-0.05, 0) is 41.6 Å². The first-order valence-corrected chi connectivity index (χ1v) is 10.3. The van der Waals surface area contributed by atoms with Crippen LogP contribution in [0.1, 0.15) is 71.1 Å². The van der Waals surface area contributed by atoms with Crippen LogP contribution in [0.4, 0.5) is 0 Å². The van der Waals surface area contributed by atoms with Crippen LogP contribution >= 0.6 is 15.9 Å². The van der Waals surface area contributed by atoms with Crippen molar-refractivity contribution in [3.8, 4) is 11.5 Å². The molecule has 5 nitrogen and oxygen atoms in total.